The van der Waals surface area contributed by atoms with Crippen molar-refractivity contribution in [3.05, 3.63) is 41.5 Å². The first-order valence-corrected chi connectivity index (χ1v) is 4.83. The highest BCUT2D eigenvalue weighted by Crippen LogP contribution is 2.29. The van der Waals surface area contributed by atoms with Crippen LogP contribution in [0.3, 0.4) is 0 Å². The first-order chi connectivity index (χ1) is 6.89. The van der Waals surface area contributed by atoms with Crippen molar-refractivity contribution >= 4 is 17.7 Å². The minimum atomic E-state index is -4.28. The summed E-state index contributed by atoms with van der Waals surface area (Å²) in [6.45, 7) is 1.78. The molecule has 0 saturated heterocycles. The number of hydrogen-bond acceptors (Lipinski definition) is 0. The van der Waals surface area contributed by atoms with Crippen molar-refractivity contribution < 1.29 is 13.2 Å². The topological polar surface area (TPSA) is 0 Å². The van der Waals surface area contributed by atoms with Gasteiger partial charge >= 0.3 is 6.18 Å². The van der Waals surface area contributed by atoms with Gasteiger partial charge in [0.05, 0.1) is 5.56 Å². The smallest absolute Gasteiger partial charge is 0.166 e. The van der Waals surface area contributed by atoms with E-state index in [1.54, 1.807) is 19.1 Å². The summed E-state index contributed by atoms with van der Waals surface area (Å²) in [6, 6.07) is 4.94. The molecular weight excluding hydrogens is 225 g/mol. The van der Waals surface area contributed by atoms with Gasteiger partial charge in [-0.05, 0) is 24.6 Å². The first-order valence-electron chi connectivity index (χ1n) is 4.39. The maximum atomic E-state index is 12.2. The normalized spacial score (nSPS) is 14.5. The van der Waals surface area contributed by atoms with Crippen molar-refractivity contribution in [3.8, 4) is 0 Å². The highest BCUT2D eigenvalue weighted by atomic mass is 35.5. The van der Waals surface area contributed by atoms with Crippen LogP contribution in [0.2, 0.25) is 0 Å². The molecule has 1 atom stereocenters. The Morgan fingerprint density at radius 2 is 1.73 bits per heavy atom. The predicted octanol–water partition coefficient (Wildman–Crippen LogP) is 4.35. The second kappa shape index (κ2) is 4.71. The quantitative estimate of drug-likeness (QED) is 0.668. The molecule has 0 aromatic heterocycles. The number of rotatable bonds is 2. The third-order valence-electron chi connectivity index (χ3n) is 1.79. The molecular formula is C11H10ClF3. The van der Waals surface area contributed by atoms with E-state index >= 15 is 0 Å². The molecule has 0 fully saturated rings. The van der Waals surface area contributed by atoms with E-state index in [1.807, 2.05) is 0 Å². The molecule has 0 amide bonds. The molecule has 0 heterocycles. The molecule has 0 aliphatic rings. The number of benzene rings is 1. The molecule has 0 aliphatic carbocycles. The molecule has 0 nitrogen and oxygen atoms in total. The molecule has 0 spiro atoms. The zero-order valence-corrected chi connectivity index (χ0v) is 8.81. The molecule has 1 rings (SSSR count). The number of hydrogen-bond donors (Lipinski definition) is 0. The molecule has 0 aliphatic heterocycles. The van der Waals surface area contributed by atoms with Gasteiger partial charge < -0.3 is 0 Å². The highest BCUT2D eigenvalue weighted by Gasteiger charge is 2.29. The minimum absolute atomic E-state index is 0.132. The predicted molar refractivity (Wildman–Crippen MR) is 55.8 cm³/mol. The zero-order valence-electron chi connectivity index (χ0n) is 8.05. The zero-order chi connectivity index (χ0) is 11.5. The van der Waals surface area contributed by atoms with Crippen LogP contribution in [-0.2, 0) is 6.18 Å². The van der Waals surface area contributed by atoms with Crippen LogP contribution in [0.25, 0.3) is 6.08 Å². The lowest BCUT2D eigenvalue weighted by Gasteiger charge is -2.05. The van der Waals surface area contributed by atoms with Crippen LogP contribution >= 0.6 is 11.6 Å². The van der Waals surface area contributed by atoms with Crippen LogP contribution in [0, 0.1) is 0 Å². The van der Waals surface area contributed by atoms with Crippen LogP contribution in [0.1, 0.15) is 18.1 Å². The molecule has 0 N–H and O–H groups in total. The van der Waals surface area contributed by atoms with Crippen molar-refractivity contribution in [1.82, 2.24) is 0 Å². The molecule has 15 heavy (non-hydrogen) atoms. The third kappa shape index (κ3) is 3.96. The van der Waals surface area contributed by atoms with Crippen molar-refractivity contribution in [2.45, 2.75) is 18.5 Å². The molecule has 1 unspecified atom stereocenters. The Morgan fingerprint density at radius 1 is 1.20 bits per heavy atom. The summed E-state index contributed by atoms with van der Waals surface area (Å²) in [5.74, 6) is 0. The Hall–Kier alpha value is -0.960. The summed E-state index contributed by atoms with van der Waals surface area (Å²) in [5, 5.41) is -0.132. The van der Waals surface area contributed by atoms with Crippen LogP contribution in [0.4, 0.5) is 13.2 Å². The Labute approximate surface area is 91.4 Å². The van der Waals surface area contributed by atoms with Crippen molar-refractivity contribution in [2.24, 2.45) is 0 Å². The van der Waals surface area contributed by atoms with Gasteiger partial charge in [-0.25, -0.2) is 0 Å². The van der Waals surface area contributed by atoms with Gasteiger partial charge in [-0.1, -0.05) is 24.3 Å². The van der Waals surface area contributed by atoms with Crippen molar-refractivity contribution in [1.29, 1.82) is 0 Å². The van der Waals surface area contributed by atoms with E-state index in [2.05, 4.69) is 0 Å². The van der Waals surface area contributed by atoms with E-state index in [9.17, 15) is 13.2 Å². The SMILES string of the molecule is CC(Cl)/C=C/c1ccc(C(F)(F)F)cc1. The van der Waals surface area contributed by atoms with Gasteiger partial charge in [-0.3, -0.25) is 0 Å². The second-order valence-electron chi connectivity index (χ2n) is 3.16. The molecule has 4 heteroatoms. The first kappa shape index (κ1) is 12.1. The Balaban J connectivity index is 2.82. The lowest BCUT2D eigenvalue weighted by atomic mass is 10.1. The van der Waals surface area contributed by atoms with Crippen LogP contribution in [0.15, 0.2) is 30.3 Å². The monoisotopic (exact) mass is 234 g/mol. The maximum absolute atomic E-state index is 12.2. The molecule has 1 aromatic rings. The van der Waals surface area contributed by atoms with Gasteiger partial charge in [0.25, 0.3) is 0 Å². The molecule has 0 radical (unpaired) electrons. The van der Waals surface area contributed by atoms with E-state index in [-0.39, 0.29) is 5.38 Å². The fourth-order valence-electron chi connectivity index (χ4n) is 1.03. The maximum Gasteiger partial charge on any atom is 0.416 e. The van der Waals surface area contributed by atoms with E-state index in [4.69, 9.17) is 11.6 Å². The standard InChI is InChI=1S/C11H10ClF3/c1-8(12)2-3-9-4-6-10(7-5-9)11(13,14)15/h2-8H,1H3/b3-2+. The van der Waals surface area contributed by atoms with Crippen molar-refractivity contribution in [3.63, 3.8) is 0 Å². The van der Waals surface area contributed by atoms with Crippen LogP contribution < -0.4 is 0 Å². The van der Waals surface area contributed by atoms with E-state index in [0.717, 1.165) is 12.1 Å². The van der Waals surface area contributed by atoms with Crippen molar-refractivity contribution in [2.75, 3.05) is 0 Å². The summed E-state index contributed by atoms with van der Waals surface area (Å²) in [6.07, 6.45) is -0.871. The average Bonchev–Trinajstić information content (AvgIpc) is 2.14. The molecule has 1 aromatic carbocycles. The van der Waals surface area contributed by atoms with E-state index in [1.165, 1.54) is 12.1 Å². The summed E-state index contributed by atoms with van der Waals surface area (Å²) >= 11 is 5.66. The minimum Gasteiger partial charge on any atom is -0.166 e. The van der Waals surface area contributed by atoms with E-state index < -0.39 is 11.7 Å². The molecule has 0 saturated carbocycles. The third-order valence-corrected chi connectivity index (χ3v) is 1.94. The van der Waals surface area contributed by atoms with Gasteiger partial charge in [0, 0.05) is 5.38 Å². The summed E-state index contributed by atoms with van der Waals surface area (Å²) in [7, 11) is 0. The van der Waals surface area contributed by atoms with Gasteiger partial charge in [0.2, 0.25) is 0 Å². The highest BCUT2D eigenvalue weighted by molar-refractivity contribution is 6.21. The Kier molecular flexibility index (Phi) is 3.80. The van der Waals surface area contributed by atoms with E-state index in [0.29, 0.717) is 5.56 Å². The lowest BCUT2D eigenvalue weighted by molar-refractivity contribution is -0.137. The number of alkyl halides is 4. The molecule has 0 bridgehead atoms. The Morgan fingerprint density at radius 3 is 2.13 bits per heavy atom. The number of halogens is 4. The fraction of sp³-hybridized carbons (Fsp3) is 0.273. The second-order valence-corrected chi connectivity index (χ2v) is 3.84. The summed E-state index contributed by atoms with van der Waals surface area (Å²) in [4.78, 5) is 0. The van der Waals surface area contributed by atoms with Gasteiger partial charge in [-0.15, -0.1) is 11.6 Å². The van der Waals surface area contributed by atoms with Crippen LogP contribution in [-0.4, -0.2) is 5.38 Å². The molecule has 82 valence electrons. The summed E-state index contributed by atoms with van der Waals surface area (Å²) in [5.41, 5.74) is 0.0640. The van der Waals surface area contributed by atoms with Gasteiger partial charge in [0.15, 0.2) is 0 Å². The lowest BCUT2D eigenvalue weighted by Crippen LogP contribution is -2.03. The number of allylic oxidation sites excluding steroid dienone is 1. The van der Waals surface area contributed by atoms with Gasteiger partial charge in [0.1, 0.15) is 0 Å². The van der Waals surface area contributed by atoms with Crippen LogP contribution in [0.5, 0.6) is 0 Å². The van der Waals surface area contributed by atoms with Gasteiger partial charge in [-0.2, -0.15) is 13.2 Å². The largest absolute Gasteiger partial charge is 0.416 e. The summed E-state index contributed by atoms with van der Waals surface area (Å²) < 4.78 is 36.6. The average molecular weight is 235 g/mol. The Bertz CT molecular complexity index is 336. The fourth-order valence-corrected chi connectivity index (χ4v) is 1.10.